The lowest BCUT2D eigenvalue weighted by Crippen LogP contribution is -2.10. The number of aryl methyl sites for hydroxylation is 2. The molecule has 0 aliphatic rings. The predicted octanol–water partition coefficient (Wildman–Crippen LogP) is 6.87. The van der Waals surface area contributed by atoms with Crippen molar-refractivity contribution < 1.29 is 0 Å². The van der Waals surface area contributed by atoms with E-state index in [-0.39, 0.29) is 0 Å². The highest BCUT2D eigenvalue weighted by Crippen LogP contribution is 2.19. The second-order valence-electron chi connectivity index (χ2n) is 6.41. The molecule has 0 unspecified atom stereocenters. The summed E-state index contributed by atoms with van der Waals surface area (Å²) >= 11 is 0. The highest BCUT2D eigenvalue weighted by Gasteiger charge is 2.06. The maximum atomic E-state index is 4.93. The average molecular weight is 335 g/mol. The van der Waals surface area contributed by atoms with Gasteiger partial charge in [0.2, 0.25) is 0 Å². The second kappa shape index (κ2) is 9.93. The van der Waals surface area contributed by atoms with Crippen LogP contribution in [0.4, 0.5) is 11.4 Å². The molecule has 0 fully saturated rings. The van der Waals surface area contributed by atoms with Crippen molar-refractivity contribution in [2.24, 2.45) is 9.98 Å². The summed E-state index contributed by atoms with van der Waals surface area (Å²) in [5.41, 5.74) is 6.80. The number of benzene rings is 2. The molecule has 0 aliphatic carbocycles. The van der Waals surface area contributed by atoms with Gasteiger partial charge < -0.3 is 0 Å². The van der Waals surface area contributed by atoms with Crippen LogP contribution in [-0.2, 0) is 12.8 Å². The van der Waals surface area contributed by atoms with Gasteiger partial charge in [0.1, 0.15) is 0 Å². The number of unbranched alkanes of at least 4 members (excludes halogenated alkanes) is 1. The minimum absolute atomic E-state index is 0.968. The molecule has 0 N–H and O–H groups in total. The van der Waals surface area contributed by atoms with E-state index < -0.39 is 0 Å². The Morgan fingerprint density at radius 3 is 1.88 bits per heavy atom. The van der Waals surface area contributed by atoms with Gasteiger partial charge in [-0.3, -0.25) is 9.98 Å². The van der Waals surface area contributed by atoms with Crippen molar-refractivity contribution in [3.63, 3.8) is 0 Å². The van der Waals surface area contributed by atoms with Crippen LogP contribution in [-0.4, -0.2) is 11.4 Å². The minimum Gasteiger partial charge on any atom is -0.252 e. The van der Waals surface area contributed by atoms with Crippen LogP contribution < -0.4 is 0 Å². The molecule has 2 rings (SSSR count). The van der Waals surface area contributed by atoms with E-state index in [4.69, 9.17) is 9.98 Å². The summed E-state index contributed by atoms with van der Waals surface area (Å²) in [4.78, 5) is 9.77. The van der Waals surface area contributed by atoms with Gasteiger partial charge in [0, 0.05) is 0 Å². The van der Waals surface area contributed by atoms with Crippen LogP contribution >= 0.6 is 0 Å². The van der Waals surface area contributed by atoms with E-state index in [0.717, 1.165) is 54.9 Å². The third kappa shape index (κ3) is 5.97. The average Bonchev–Trinajstić information content (AvgIpc) is 2.65. The Balaban J connectivity index is 2.34. The number of hydrogen-bond acceptors (Lipinski definition) is 2. The van der Waals surface area contributed by atoms with Crippen molar-refractivity contribution in [1.29, 1.82) is 0 Å². The third-order valence-electron chi connectivity index (χ3n) is 4.38. The van der Waals surface area contributed by atoms with Crippen LogP contribution in [0.1, 0.15) is 58.1 Å². The molecule has 0 aliphatic heterocycles. The highest BCUT2D eigenvalue weighted by molar-refractivity contribution is 6.42. The van der Waals surface area contributed by atoms with Gasteiger partial charge in [-0.2, -0.15) is 0 Å². The molecule has 0 saturated heterocycles. The van der Waals surface area contributed by atoms with Crippen LogP contribution in [0.2, 0.25) is 0 Å². The molecule has 2 aromatic rings. The topological polar surface area (TPSA) is 24.7 Å². The standard InChI is InChI=1S/C23H30N2/c1-5-8-15-23(25-22-14-10-12-20(7-3)17-22)18(4)24-21-13-9-11-19(6-2)16-21/h9-14,16-17H,5-8,15H2,1-4H3. The van der Waals surface area contributed by atoms with Crippen LogP contribution in [0.15, 0.2) is 58.5 Å². The van der Waals surface area contributed by atoms with Crippen molar-refractivity contribution in [1.82, 2.24) is 0 Å². The molecule has 0 atom stereocenters. The summed E-state index contributed by atoms with van der Waals surface area (Å²) in [5.74, 6) is 0. The fourth-order valence-corrected chi connectivity index (χ4v) is 2.77. The first-order chi connectivity index (χ1) is 12.2. The lowest BCUT2D eigenvalue weighted by atomic mass is 10.1. The molecular formula is C23H30N2. The smallest absolute Gasteiger partial charge is 0.0636 e. The maximum absolute atomic E-state index is 4.93. The predicted molar refractivity (Wildman–Crippen MR) is 111 cm³/mol. The van der Waals surface area contributed by atoms with Gasteiger partial charge in [-0.05, 0) is 68.0 Å². The number of hydrogen-bond donors (Lipinski definition) is 0. The second-order valence-corrected chi connectivity index (χ2v) is 6.41. The quantitative estimate of drug-likeness (QED) is 0.471. The number of rotatable bonds is 8. The molecule has 132 valence electrons. The molecule has 0 spiro atoms. The van der Waals surface area contributed by atoms with Gasteiger partial charge in [0.15, 0.2) is 0 Å². The fraction of sp³-hybridized carbons (Fsp3) is 0.391. The summed E-state index contributed by atoms with van der Waals surface area (Å²) in [5, 5.41) is 0. The van der Waals surface area contributed by atoms with Crippen LogP contribution in [0.5, 0.6) is 0 Å². The van der Waals surface area contributed by atoms with Gasteiger partial charge in [-0.15, -0.1) is 0 Å². The molecule has 2 aromatic carbocycles. The zero-order valence-electron chi connectivity index (χ0n) is 16.0. The number of nitrogens with zero attached hydrogens (tertiary/aromatic N) is 2. The van der Waals surface area contributed by atoms with E-state index in [1.807, 2.05) is 0 Å². The zero-order valence-corrected chi connectivity index (χ0v) is 16.0. The van der Waals surface area contributed by atoms with Gasteiger partial charge in [0.25, 0.3) is 0 Å². The van der Waals surface area contributed by atoms with Crippen LogP contribution in [0.25, 0.3) is 0 Å². The van der Waals surface area contributed by atoms with Gasteiger partial charge in [0.05, 0.1) is 22.8 Å². The Morgan fingerprint density at radius 2 is 1.36 bits per heavy atom. The van der Waals surface area contributed by atoms with Gasteiger partial charge in [-0.1, -0.05) is 51.5 Å². The van der Waals surface area contributed by atoms with Crippen molar-refractivity contribution >= 4 is 22.8 Å². The summed E-state index contributed by atoms with van der Waals surface area (Å²) in [6.45, 7) is 8.64. The summed E-state index contributed by atoms with van der Waals surface area (Å²) < 4.78 is 0. The monoisotopic (exact) mass is 334 g/mol. The van der Waals surface area contributed by atoms with Crippen LogP contribution in [0, 0.1) is 0 Å². The van der Waals surface area contributed by atoms with E-state index >= 15 is 0 Å². The first-order valence-electron chi connectivity index (χ1n) is 9.47. The first kappa shape index (κ1) is 19.1. The van der Waals surface area contributed by atoms with Crippen molar-refractivity contribution in [3.05, 3.63) is 59.7 Å². The van der Waals surface area contributed by atoms with E-state index in [2.05, 4.69) is 76.2 Å². The Morgan fingerprint density at radius 1 is 0.800 bits per heavy atom. The summed E-state index contributed by atoms with van der Waals surface area (Å²) in [6.07, 6.45) is 5.32. The minimum atomic E-state index is 0.968. The first-order valence-corrected chi connectivity index (χ1v) is 9.47. The van der Waals surface area contributed by atoms with Gasteiger partial charge in [-0.25, -0.2) is 0 Å². The number of aliphatic imine (C=N–C) groups is 2. The zero-order chi connectivity index (χ0) is 18.1. The molecule has 0 saturated carbocycles. The van der Waals surface area contributed by atoms with Gasteiger partial charge >= 0.3 is 0 Å². The Kier molecular flexibility index (Phi) is 7.59. The van der Waals surface area contributed by atoms with E-state index in [1.165, 1.54) is 11.1 Å². The van der Waals surface area contributed by atoms with Crippen molar-refractivity contribution in [2.45, 2.75) is 59.8 Å². The molecule has 25 heavy (non-hydrogen) atoms. The third-order valence-corrected chi connectivity index (χ3v) is 4.38. The van der Waals surface area contributed by atoms with E-state index in [1.54, 1.807) is 0 Å². The molecular weight excluding hydrogens is 304 g/mol. The highest BCUT2D eigenvalue weighted by atomic mass is 14.8. The molecule has 0 amide bonds. The summed E-state index contributed by atoms with van der Waals surface area (Å²) in [6, 6.07) is 17.0. The van der Waals surface area contributed by atoms with E-state index in [9.17, 15) is 0 Å². The fourth-order valence-electron chi connectivity index (χ4n) is 2.77. The van der Waals surface area contributed by atoms with Crippen molar-refractivity contribution in [3.8, 4) is 0 Å². The normalized spacial score (nSPS) is 12.5. The molecule has 0 aromatic heterocycles. The Hall–Kier alpha value is -2.22. The lowest BCUT2D eigenvalue weighted by Gasteiger charge is -2.08. The van der Waals surface area contributed by atoms with E-state index in [0.29, 0.717) is 0 Å². The molecule has 0 heterocycles. The molecule has 2 nitrogen and oxygen atoms in total. The Bertz CT molecular complexity index is 741. The molecule has 0 bridgehead atoms. The maximum Gasteiger partial charge on any atom is 0.0636 e. The SMILES string of the molecule is CCCCC(=Nc1cccc(CC)c1)C(C)=Nc1cccc(CC)c1. The largest absolute Gasteiger partial charge is 0.252 e. The molecule has 0 radical (unpaired) electrons. The Labute approximate surface area is 152 Å². The summed E-state index contributed by atoms with van der Waals surface area (Å²) in [7, 11) is 0. The lowest BCUT2D eigenvalue weighted by molar-refractivity contribution is 0.838. The molecule has 2 heteroatoms. The van der Waals surface area contributed by atoms with Crippen LogP contribution in [0.3, 0.4) is 0 Å². The van der Waals surface area contributed by atoms with Crippen molar-refractivity contribution in [2.75, 3.05) is 0 Å².